The van der Waals surface area contributed by atoms with E-state index in [0.29, 0.717) is 16.6 Å². The van der Waals surface area contributed by atoms with E-state index in [9.17, 15) is 0 Å². The molecular weight excluding hydrogens is 269 g/mol. The minimum absolute atomic E-state index is 0.650. The highest BCUT2D eigenvalue weighted by Crippen LogP contribution is 2.21. The standard InChI is InChI=1S/C13H15Cl2N3/c1-2-16-8-12-5-6-18(17-12)9-10-3-4-11(14)7-13(10)15/h3-7,16H,2,8-9H2,1H3. The molecule has 1 heterocycles. The maximum Gasteiger partial charge on any atom is 0.0762 e. The van der Waals surface area contributed by atoms with Gasteiger partial charge in [-0.2, -0.15) is 5.10 Å². The molecule has 2 rings (SSSR count). The Bertz CT molecular complexity index is 523. The van der Waals surface area contributed by atoms with Crippen LogP contribution in [0.4, 0.5) is 0 Å². The maximum absolute atomic E-state index is 6.13. The molecule has 5 heteroatoms. The molecule has 0 amide bonds. The van der Waals surface area contributed by atoms with Gasteiger partial charge in [-0.3, -0.25) is 4.68 Å². The highest BCUT2D eigenvalue weighted by molar-refractivity contribution is 6.35. The summed E-state index contributed by atoms with van der Waals surface area (Å²) in [6.45, 7) is 4.46. The van der Waals surface area contributed by atoms with Crippen molar-refractivity contribution in [3.8, 4) is 0 Å². The third-order valence-corrected chi connectivity index (χ3v) is 3.19. The van der Waals surface area contributed by atoms with Crippen LogP contribution in [-0.4, -0.2) is 16.3 Å². The minimum atomic E-state index is 0.650. The van der Waals surface area contributed by atoms with Gasteiger partial charge in [0.05, 0.1) is 12.2 Å². The highest BCUT2D eigenvalue weighted by atomic mass is 35.5. The molecule has 0 radical (unpaired) electrons. The normalized spacial score (nSPS) is 10.8. The van der Waals surface area contributed by atoms with E-state index in [-0.39, 0.29) is 0 Å². The molecule has 0 unspecified atom stereocenters. The number of aromatic nitrogens is 2. The van der Waals surface area contributed by atoms with Gasteiger partial charge in [0.2, 0.25) is 0 Å². The van der Waals surface area contributed by atoms with Gasteiger partial charge in [-0.1, -0.05) is 36.2 Å². The minimum Gasteiger partial charge on any atom is -0.311 e. The van der Waals surface area contributed by atoms with E-state index in [4.69, 9.17) is 23.2 Å². The van der Waals surface area contributed by atoms with Crippen molar-refractivity contribution in [2.75, 3.05) is 6.54 Å². The van der Waals surface area contributed by atoms with Crippen LogP contribution in [0.3, 0.4) is 0 Å². The molecule has 0 aliphatic heterocycles. The van der Waals surface area contributed by atoms with Crippen molar-refractivity contribution < 1.29 is 0 Å². The predicted molar refractivity (Wildman–Crippen MR) is 75.2 cm³/mol. The van der Waals surface area contributed by atoms with Gasteiger partial charge < -0.3 is 5.32 Å². The van der Waals surface area contributed by atoms with Crippen molar-refractivity contribution in [3.63, 3.8) is 0 Å². The molecule has 2 aromatic rings. The summed E-state index contributed by atoms with van der Waals surface area (Å²) in [7, 11) is 0. The van der Waals surface area contributed by atoms with E-state index in [0.717, 1.165) is 24.3 Å². The van der Waals surface area contributed by atoms with E-state index in [1.165, 1.54) is 0 Å². The molecule has 0 atom stereocenters. The lowest BCUT2D eigenvalue weighted by Crippen LogP contribution is -2.12. The summed E-state index contributed by atoms with van der Waals surface area (Å²) in [6, 6.07) is 7.52. The van der Waals surface area contributed by atoms with Crippen LogP contribution in [-0.2, 0) is 13.1 Å². The summed E-state index contributed by atoms with van der Waals surface area (Å²) in [6.07, 6.45) is 1.96. The van der Waals surface area contributed by atoms with Crippen molar-refractivity contribution in [3.05, 3.63) is 51.8 Å². The number of halogens is 2. The van der Waals surface area contributed by atoms with Gasteiger partial charge in [-0.05, 0) is 30.3 Å². The number of nitrogens with zero attached hydrogens (tertiary/aromatic N) is 2. The first kappa shape index (κ1) is 13.4. The molecule has 0 fully saturated rings. The summed E-state index contributed by atoms with van der Waals surface area (Å²) >= 11 is 12.0. The van der Waals surface area contributed by atoms with E-state index in [1.54, 1.807) is 6.07 Å². The summed E-state index contributed by atoms with van der Waals surface area (Å²) < 4.78 is 1.88. The molecule has 0 bridgehead atoms. The molecule has 18 heavy (non-hydrogen) atoms. The third-order valence-electron chi connectivity index (χ3n) is 2.60. The van der Waals surface area contributed by atoms with Crippen LogP contribution < -0.4 is 5.32 Å². The molecular formula is C13H15Cl2N3. The molecule has 0 aliphatic carbocycles. The second kappa shape index (κ2) is 6.23. The van der Waals surface area contributed by atoms with E-state index in [2.05, 4.69) is 17.3 Å². The Balaban J connectivity index is 2.06. The Kier molecular flexibility index (Phi) is 4.64. The summed E-state index contributed by atoms with van der Waals surface area (Å²) in [5, 5.41) is 9.03. The topological polar surface area (TPSA) is 29.9 Å². The Labute approximate surface area is 117 Å². The van der Waals surface area contributed by atoms with Gasteiger partial charge in [-0.15, -0.1) is 0 Å². The van der Waals surface area contributed by atoms with Crippen LogP contribution in [0.25, 0.3) is 0 Å². The van der Waals surface area contributed by atoms with Crippen LogP contribution in [0.15, 0.2) is 30.5 Å². The molecule has 1 aromatic heterocycles. The Hall–Kier alpha value is -1.03. The fourth-order valence-corrected chi connectivity index (χ4v) is 2.13. The first-order chi connectivity index (χ1) is 8.69. The third kappa shape index (κ3) is 3.48. The Morgan fingerprint density at radius 3 is 2.83 bits per heavy atom. The lowest BCUT2D eigenvalue weighted by molar-refractivity contribution is 0.644. The van der Waals surface area contributed by atoms with Gasteiger partial charge in [0.15, 0.2) is 0 Å². The van der Waals surface area contributed by atoms with Gasteiger partial charge >= 0.3 is 0 Å². The molecule has 0 saturated carbocycles. The second-order valence-corrected chi connectivity index (χ2v) is 4.86. The zero-order valence-electron chi connectivity index (χ0n) is 10.2. The molecule has 3 nitrogen and oxygen atoms in total. The fraction of sp³-hybridized carbons (Fsp3) is 0.308. The summed E-state index contributed by atoms with van der Waals surface area (Å²) in [4.78, 5) is 0. The Morgan fingerprint density at radius 1 is 1.28 bits per heavy atom. The summed E-state index contributed by atoms with van der Waals surface area (Å²) in [5.41, 5.74) is 2.04. The molecule has 96 valence electrons. The zero-order chi connectivity index (χ0) is 13.0. The first-order valence-corrected chi connectivity index (χ1v) is 6.61. The average Bonchev–Trinajstić information content (AvgIpc) is 2.78. The molecule has 0 saturated heterocycles. The summed E-state index contributed by atoms with van der Waals surface area (Å²) in [5.74, 6) is 0. The zero-order valence-corrected chi connectivity index (χ0v) is 11.7. The van der Waals surface area contributed by atoms with Gasteiger partial charge in [-0.25, -0.2) is 0 Å². The largest absolute Gasteiger partial charge is 0.311 e. The van der Waals surface area contributed by atoms with Crippen molar-refractivity contribution in [2.45, 2.75) is 20.0 Å². The predicted octanol–water partition coefficient (Wildman–Crippen LogP) is 3.35. The van der Waals surface area contributed by atoms with Crippen LogP contribution in [0, 0.1) is 0 Å². The number of benzene rings is 1. The first-order valence-electron chi connectivity index (χ1n) is 5.86. The van der Waals surface area contributed by atoms with Gasteiger partial charge in [0, 0.05) is 22.8 Å². The van der Waals surface area contributed by atoms with Crippen LogP contribution in [0.5, 0.6) is 0 Å². The molecule has 0 aliphatic rings. The molecule has 1 N–H and O–H groups in total. The van der Waals surface area contributed by atoms with E-state index >= 15 is 0 Å². The SMILES string of the molecule is CCNCc1ccn(Cc2ccc(Cl)cc2Cl)n1. The monoisotopic (exact) mass is 283 g/mol. The van der Waals surface area contributed by atoms with Gasteiger partial charge in [0.25, 0.3) is 0 Å². The number of rotatable bonds is 5. The van der Waals surface area contributed by atoms with E-state index < -0.39 is 0 Å². The number of hydrogen-bond acceptors (Lipinski definition) is 2. The van der Waals surface area contributed by atoms with Crippen LogP contribution in [0.2, 0.25) is 10.0 Å². The van der Waals surface area contributed by atoms with E-state index in [1.807, 2.05) is 29.1 Å². The molecule has 1 aromatic carbocycles. The fourth-order valence-electron chi connectivity index (χ4n) is 1.66. The second-order valence-electron chi connectivity index (χ2n) is 4.02. The highest BCUT2D eigenvalue weighted by Gasteiger charge is 2.04. The quantitative estimate of drug-likeness (QED) is 0.912. The van der Waals surface area contributed by atoms with Crippen molar-refractivity contribution in [1.82, 2.24) is 15.1 Å². The maximum atomic E-state index is 6.13. The lowest BCUT2D eigenvalue weighted by atomic mass is 10.2. The average molecular weight is 284 g/mol. The smallest absolute Gasteiger partial charge is 0.0762 e. The Morgan fingerprint density at radius 2 is 2.11 bits per heavy atom. The van der Waals surface area contributed by atoms with Crippen LogP contribution >= 0.6 is 23.2 Å². The van der Waals surface area contributed by atoms with Crippen molar-refractivity contribution in [1.29, 1.82) is 0 Å². The van der Waals surface area contributed by atoms with Crippen LogP contribution in [0.1, 0.15) is 18.2 Å². The lowest BCUT2D eigenvalue weighted by Gasteiger charge is -2.05. The van der Waals surface area contributed by atoms with Gasteiger partial charge in [0.1, 0.15) is 0 Å². The number of hydrogen-bond donors (Lipinski definition) is 1. The number of nitrogens with one attached hydrogen (secondary N) is 1. The van der Waals surface area contributed by atoms with Crippen molar-refractivity contribution >= 4 is 23.2 Å². The molecule has 0 spiro atoms. The van der Waals surface area contributed by atoms with Crippen molar-refractivity contribution in [2.24, 2.45) is 0 Å².